The summed E-state index contributed by atoms with van der Waals surface area (Å²) in [6.07, 6.45) is 0.0605. The Hall–Kier alpha value is -2.89. The molecule has 0 aliphatic heterocycles. The SMILES string of the molecule is COC(=O)COc1cccc(NC(=O)Cc2cccc(F)c2)c1. The van der Waals surface area contributed by atoms with Gasteiger partial charge in [0.05, 0.1) is 13.5 Å². The number of hydrogen-bond donors (Lipinski definition) is 1. The fourth-order valence-corrected chi connectivity index (χ4v) is 1.90. The lowest BCUT2D eigenvalue weighted by atomic mass is 10.1. The molecule has 2 aromatic carbocycles. The van der Waals surface area contributed by atoms with E-state index in [2.05, 4.69) is 10.1 Å². The summed E-state index contributed by atoms with van der Waals surface area (Å²) >= 11 is 0. The van der Waals surface area contributed by atoms with E-state index < -0.39 is 5.97 Å². The van der Waals surface area contributed by atoms with E-state index in [1.807, 2.05) is 0 Å². The Morgan fingerprint density at radius 2 is 1.91 bits per heavy atom. The molecule has 0 aromatic heterocycles. The number of esters is 1. The van der Waals surface area contributed by atoms with Gasteiger partial charge in [0, 0.05) is 11.8 Å². The molecule has 0 saturated carbocycles. The largest absolute Gasteiger partial charge is 0.482 e. The molecule has 120 valence electrons. The van der Waals surface area contributed by atoms with Crippen molar-refractivity contribution < 1.29 is 23.5 Å². The maximum Gasteiger partial charge on any atom is 0.343 e. The molecule has 23 heavy (non-hydrogen) atoms. The average molecular weight is 317 g/mol. The van der Waals surface area contributed by atoms with Crippen LogP contribution >= 0.6 is 0 Å². The van der Waals surface area contributed by atoms with Gasteiger partial charge in [-0.15, -0.1) is 0 Å². The predicted octanol–water partition coefficient (Wildman–Crippen LogP) is 2.56. The molecule has 0 fully saturated rings. The first-order valence-corrected chi connectivity index (χ1v) is 6.91. The van der Waals surface area contributed by atoms with E-state index in [1.54, 1.807) is 36.4 Å². The summed E-state index contributed by atoms with van der Waals surface area (Å²) in [4.78, 5) is 23.0. The second-order valence-corrected chi connectivity index (χ2v) is 4.75. The molecular formula is C17H16FNO4. The first-order valence-electron chi connectivity index (χ1n) is 6.91. The van der Waals surface area contributed by atoms with Crippen molar-refractivity contribution >= 4 is 17.6 Å². The van der Waals surface area contributed by atoms with Crippen molar-refractivity contribution in [1.29, 1.82) is 0 Å². The van der Waals surface area contributed by atoms with Crippen molar-refractivity contribution in [2.24, 2.45) is 0 Å². The summed E-state index contributed by atoms with van der Waals surface area (Å²) < 4.78 is 22.8. The van der Waals surface area contributed by atoms with Crippen molar-refractivity contribution in [2.45, 2.75) is 6.42 Å². The van der Waals surface area contributed by atoms with Gasteiger partial charge in [-0.1, -0.05) is 18.2 Å². The summed E-state index contributed by atoms with van der Waals surface area (Å²) in [6, 6.07) is 12.5. The first-order chi connectivity index (χ1) is 11.1. The number of benzene rings is 2. The molecule has 5 nitrogen and oxygen atoms in total. The zero-order valence-electron chi connectivity index (χ0n) is 12.5. The third-order valence-electron chi connectivity index (χ3n) is 2.96. The van der Waals surface area contributed by atoms with Gasteiger partial charge >= 0.3 is 5.97 Å². The zero-order chi connectivity index (χ0) is 16.7. The van der Waals surface area contributed by atoms with E-state index in [0.29, 0.717) is 17.0 Å². The molecule has 0 atom stereocenters. The fraction of sp³-hybridized carbons (Fsp3) is 0.176. The van der Waals surface area contributed by atoms with Crippen molar-refractivity contribution in [2.75, 3.05) is 19.0 Å². The number of amides is 1. The van der Waals surface area contributed by atoms with Crippen LogP contribution < -0.4 is 10.1 Å². The van der Waals surface area contributed by atoms with E-state index in [1.165, 1.54) is 19.2 Å². The summed E-state index contributed by atoms with van der Waals surface area (Å²) in [5.41, 5.74) is 1.11. The van der Waals surface area contributed by atoms with Crippen LogP contribution in [0.15, 0.2) is 48.5 Å². The highest BCUT2D eigenvalue weighted by atomic mass is 19.1. The molecule has 0 radical (unpaired) electrons. The Morgan fingerprint density at radius 1 is 1.13 bits per heavy atom. The standard InChI is InChI=1S/C17H16FNO4/c1-22-17(21)11-23-15-7-3-6-14(10-15)19-16(20)9-12-4-2-5-13(18)8-12/h2-8,10H,9,11H2,1H3,(H,19,20). The van der Waals surface area contributed by atoms with Gasteiger partial charge in [-0.3, -0.25) is 4.79 Å². The van der Waals surface area contributed by atoms with Gasteiger partial charge in [-0.05, 0) is 29.8 Å². The van der Waals surface area contributed by atoms with Crippen LogP contribution in [-0.4, -0.2) is 25.6 Å². The van der Waals surface area contributed by atoms with Gasteiger partial charge in [0.15, 0.2) is 6.61 Å². The third-order valence-corrected chi connectivity index (χ3v) is 2.96. The van der Waals surface area contributed by atoms with Crippen LogP contribution in [0.3, 0.4) is 0 Å². The Morgan fingerprint density at radius 3 is 2.65 bits per heavy atom. The number of rotatable bonds is 6. The monoisotopic (exact) mass is 317 g/mol. The minimum absolute atomic E-state index is 0.0605. The van der Waals surface area contributed by atoms with Gasteiger partial charge in [0.1, 0.15) is 11.6 Å². The van der Waals surface area contributed by atoms with Crippen LogP contribution in [-0.2, 0) is 20.7 Å². The highest BCUT2D eigenvalue weighted by molar-refractivity contribution is 5.92. The van der Waals surface area contributed by atoms with E-state index in [-0.39, 0.29) is 24.8 Å². The Labute approximate surface area is 133 Å². The molecule has 0 heterocycles. The van der Waals surface area contributed by atoms with Crippen LogP contribution in [0.4, 0.5) is 10.1 Å². The molecule has 1 N–H and O–H groups in total. The maximum atomic E-state index is 13.1. The Bertz CT molecular complexity index is 702. The van der Waals surface area contributed by atoms with Gasteiger partial charge in [-0.25, -0.2) is 9.18 Å². The Kier molecular flexibility index (Phi) is 5.68. The molecular weight excluding hydrogens is 301 g/mol. The van der Waals surface area contributed by atoms with Crippen molar-refractivity contribution in [1.82, 2.24) is 0 Å². The minimum atomic E-state index is -0.495. The van der Waals surface area contributed by atoms with Gasteiger partial charge in [0.2, 0.25) is 5.91 Å². The summed E-state index contributed by atoms with van der Waals surface area (Å²) in [5.74, 6) is -0.723. The normalized spacial score (nSPS) is 10.0. The third kappa shape index (κ3) is 5.43. The number of nitrogens with one attached hydrogen (secondary N) is 1. The van der Waals surface area contributed by atoms with Crippen LogP contribution in [0, 0.1) is 5.82 Å². The first kappa shape index (κ1) is 16.5. The molecule has 0 spiro atoms. The molecule has 0 unspecified atom stereocenters. The molecule has 0 aliphatic rings. The number of carbonyl (C=O) groups excluding carboxylic acids is 2. The highest BCUT2D eigenvalue weighted by Gasteiger charge is 2.07. The predicted molar refractivity (Wildman–Crippen MR) is 82.7 cm³/mol. The smallest absolute Gasteiger partial charge is 0.343 e. The molecule has 6 heteroatoms. The lowest BCUT2D eigenvalue weighted by molar-refractivity contribution is -0.142. The lowest BCUT2D eigenvalue weighted by Gasteiger charge is -2.08. The van der Waals surface area contributed by atoms with Crippen LogP contribution in [0.2, 0.25) is 0 Å². The molecule has 2 rings (SSSR count). The van der Waals surface area contributed by atoms with E-state index >= 15 is 0 Å². The molecule has 0 aliphatic carbocycles. The van der Waals surface area contributed by atoms with Crippen LogP contribution in [0.25, 0.3) is 0 Å². The van der Waals surface area contributed by atoms with Crippen molar-refractivity contribution in [3.8, 4) is 5.75 Å². The van der Waals surface area contributed by atoms with E-state index in [0.717, 1.165) is 0 Å². The second kappa shape index (κ2) is 7.93. The lowest BCUT2D eigenvalue weighted by Crippen LogP contribution is -2.15. The zero-order valence-corrected chi connectivity index (χ0v) is 12.5. The van der Waals surface area contributed by atoms with Crippen molar-refractivity contribution in [3.63, 3.8) is 0 Å². The average Bonchev–Trinajstić information content (AvgIpc) is 2.52. The maximum absolute atomic E-state index is 13.1. The van der Waals surface area contributed by atoms with Gasteiger partial charge in [0.25, 0.3) is 0 Å². The number of anilines is 1. The number of halogens is 1. The summed E-state index contributed by atoms with van der Waals surface area (Å²) in [6.45, 7) is -0.211. The van der Waals surface area contributed by atoms with Crippen LogP contribution in [0.1, 0.15) is 5.56 Å². The minimum Gasteiger partial charge on any atom is -0.482 e. The fourth-order valence-electron chi connectivity index (χ4n) is 1.90. The van der Waals surface area contributed by atoms with Gasteiger partial charge < -0.3 is 14.8 Å². The topological polar surface area (TPSA) is 64.6 Å². The number of carbonyl (C=O) groups is 2. The molecule has 2 aromatic rings. The highest BCUT2D eigenvalue weighted by Crippen LogP contribution is 2.17. The molecule has 1 amide bonds. The van der Waals surface area contributed by atoms with Gasteiger partial charge in [-0.2, -0.15) is 0 Å². The second-order valence-electron chi connectivity index (χ2n) is 4.75. The number of hydrogen-bond acceptors (Lipinski definition) is 4. The molecule has 0 saturated heterocycles. The van der Waals surface area contributed by atoms with Crippen LogP contribution in [0.5, 0.6) is 5.75 Å². The van der Waals surface area contributed by atoms with E-state index in [4.69, 9.17) is 4.74 Å². The number of ether oxygens (including phenoxy) is 2. The molecule has 0 bridgehead atoms. The summed E-state index contributed by atoms with van der Waals surface area (Å²) in [7, 11) is 1.27. The number of methoxy groups -OCH3 is 1. The van der Waals surface area contributed by atoms with Crippen molar-refractivity contribution in [3.05, 3.63) is 59.9 Å². The quantitative estimate of drug-likeness (QED) is 0.832. The summed E-state index contributed by atoms with van der Waals surface area (Å²) in [5, 5.41) is 2.69. The Balaban J connectivity index is 1.94. The van der Waals surface area contributed by atoms with E-state index in [9.17, 15) is 14.0 Å².